The van der Waals surface area contributed by atoms with Gasteiger partial charge in [-0.1, -0.05) is 25.7 Å². The number of nitrogens with zero attached hydrogens (tertiary/aromatic N) is 1. The largest absolute Gasteiger partial charge is 0.397 e. The monoisotopic (exact) mass is 291 g/mol. The predicted molar refractivity (Wildman–Crippen MR) is 82.1 cm³/mol. The van der Waals surface area contributed by atoms with E-state index in [4.69, 9.17) is 5.73 Å². The molecule has 1 aromatic heterocycles. The Balaban J connectivity index is 1.63. The zero-order chi connectivity index (χ0) is 14.9. The Hall–Kier alpha value is -1.49. The number of aromatic nitrogens is 1. The van der Waals surface area contributed by atoms with Crippen molar-refractivity contribution >= 4 is 11.6 Å². The Morgan fingerprint density at radius 2 is 2.00 bits per heavy atom. The van der Waals surface area contributed by atoms with Crippen molar-refractivity contribution in [3.05, 3.63) is 18.0 Å². The molecule has 0 bridgehead atoms. The molecule has 0 unspecified atom stereocenters. The molecule has 0 aromatic carbocycles. The van der Waals surface area contributed by atoms with Crippen molar-refractivity contribution in [2.75, 3.05) is 12.3 Å². The van der Waals surface area contributed by atoms with E-state index in [0.29, 0.717) is 24.0 Å². The van der Waals surface area contributed by atoms with Crippen LogP contribution >= 0.6 is 0 Å². The number of carbonyl (C=O) groups excluding carboxylic acids is 1. The summed E-state index contributed by atoms with van der Waals surface area (Å²) in [6.07, 6.45) is 10.0. The van der Waals surface area contributed by atoms with Gasteiger partial charge in [-0.3, -0.25) is 4.79 Å². The topological polar surface area (TPSA) is 80.3 Å². The molecule has 1 heterocycles. The SMILES string of the molecule is Nc1cc(C(=O)NCC2(O)CCCCCC2)n(C2CC2)c1. The number of anilines is 1. The van der Waals surface area contributed by atoms with Crippen LogP contribution in [0.25, 0.3) is 0 Å². The number of amides is 1. The van der Waals surface area contributed by atoms with Crippen LogP contribution in [0, 0.1) is 0 Å². The van der Waals surface area contributed by atoms with Gasteiger partial charge in [-0.2, -0.15) is 0 Å². The Morgan fingerprint density at radius 1 is 1.33 bits per heavy atom. The number of aliphatic hydroxyl groups is 1. The van der Waals surface area contributed by atoms with Crippen molar-refractivity contribution in [2.45, 2.75) is 63.0 Å². The number of nitrogens with two attached hydrogens (primary N) is 1. The third kappa shape index (κ3) is 3.40. The second-order valence-electron chi connectivity index (χ2n) is 6.62. The molecule has 0 aliphatic heterocycles. The maximum Gasteiger partial charge on any atom is 0.268 e. The highest BCUT2D eigenvalue weighted by Crippen LogP contribution is 2.37. The van der Waals surface area contributed by atoms with Crippen molar-refractivity contribution < 1.29 is 9.90 Å². The van der Waals surface area contributed by atoms with Gasteiger partial charge in [0.25, 0.3) is 5.91 Å². The van der Waals surface area contributed by atoms with Gasteiger partial charge in [0.2, 0.25) is 0 Å². The number of hydrogen-bond acceptors (Lipinski definition) is 3. The molecule has 2 aliphatic rings. The van der Waals surface area contributed by atoms with E-state index in [1.165, 1.54) is 12.8 Å². The molecule has 0 atom stereocenters. The zero-order valence-corrected chi connectivity index (χ0v) is 12.5. The number of rotatable bonds is 4. The molecular weight excluding hydrogens is 266 g/mol. The van der Waals surface area contributed by atoms with E-state index in [2.05, 4.69) is 5.32 Å². The molecule has 5 nitrogen and oxygen atoms in total. The molecule has 2 fully saturated rings. The summed E-state index contributed by atoms with van der Waals surface area (Å²) in [4.78, 5) is 12.4. The fourth-order valence-electron chi connectivity index (χ4n) is 3.24. The highest BCUT2D eigenvalue weighted by atomic mass is 16.3. The van der Waals surface area contributed by atoms with Crippen LogP contribution < -0.4 is 11.1 Å². The van der Waals surface area contributed by atoms with Crippen molar-refractivity contribution in [3.63, 3.8) is 0 Å². The number of nitrogen functional groups attached to an aromatic ring is 1. The van der Waals surface area contributed by atoms with Crippen LogP contribution in [0.2, 0.25) is 0 Å². The summed E-state index contributed by atoms with van der Waals surface area (Å²) in [6.45, 7) is 0.335. The lowest BCUT2D eigenvalue weighted by Crippen LogP contribution is -2.43. The normalized spacial score (nSPS) is 21.8. The summed E-state index contributed by atoms with van der Waals surface area (Å²) >= 11 is 0. The van der Waals surface area contributed by atoms with E-state index in [9.17, 15) is 9.90 Å². The number of hydrogen-bond donors (Lipinski definition) is 3. The average molecular weight is 291 g/mol. The lowest BCUT2D eigenvalue weighted by Gasteiger charge is -2.26. The Morgan fingerprint density at radius 3 is 2.62 bits per heavy atom. The quantitative estimate of drug-likeness (QED) is 0.744. The molecule has 0 saturated heterocycles. The van der Waals surface area contributed by atoms with Gasteiger partial charge in [0.1, 0.15) is 5.69 Å². The molecule has 3 rings (SSSR count). The van der Waals surface area contributed by atoms with E-state index < -0.39 is 5.60 Å². The number of carbonyl (C=O) groups is 1. The van der Waals surface area contributed by atoms with Crippen LogP contribution in [-0.4, -0.2) is 27.7 Å². The average Bonchev–Trinajstić information content (AvgIpc) is 3.25. The first-order chi connectivity index (χ1) is 10.1. The van der Waals surface area contributed by atoms with Crippen molar-refractivity contribution in [3.8, 4) is 0 Å². The Bertz CT molecular complexity index is 512. The minimum atomic E-state index is -0.741. The van der Waals surface area contributed by atoms with Gasteiger partial charge in [0.15, 0.2) is 0 Å². The van der Waals surface area contributed by atoms with E-state index in [1.54, 1.807) is 6.07 Å². The van der Waals surface area contributed by atoms with Gasteiger partial charge < -0.3 is 20.7 Å². The van der Waals surface area contributed by atoms with Crippen LogP contribution in [0.15, 0.2) is 12.3 Å². The summed E-state index contributed by atoms with van der Waals surface area (Å²) in [6, 6.07) is 2.15. The standard InChI is InChI=1S/C16H25N3O2/c17-12-9-14(19(10-12)13-5-6-13)15(20)18-11-16(21)7-3-1-2-4-8-16/h9-10,13,21H,1-8,11,17H2,(H,18,20). The maximum atomic E-state index is 12.4. The van der Waals surface area contributed by atoms with Crippen molar-refractivity contribution in [1.29, 1.82) is 0 Å². The van der Waals surface area contributed by atoms with Gasteiger partial charge in [0.05, 0.1) is 11.3 Å². The second kappa shape index (κ2) is 5.72. The third-order valence-corrected chi connectivity index (χ3v) is 4.65. The summed E-state index contributed by atoms with van der Waals surface area (Å²) in [5.41, 5.74) is 6.32. The molecule has 21 heavy (non-hydrogen) atoms. The lowest BCUT2D eigenvalue weighted by molar-refractivity contribution is 0.0245. The minimum Gasteiger partial charge on any atom is -0.397 e. The van der Waals surface area contributed by atoms with Crippen LogP contribution in [0.5, 0.6) is 0 Å². The Kier molecular flexibility index (Phi) is 3.93. The summed E-state index contributed by atoms with van der Waals surface area (Å²) in [5, 5.41) is 13.5. The van der Waals surface area contributed by atoms with Crippen LogP contribution in [0.4, 0.5) is 5.69 Å². The molecule has 0 radical (unpaired) electrons. The molecule has 2 aliphatic carbocycles. The molecule has 4 N–H and O–H groups in total. The highest BCUT2D eigenvalue weighted by Gasteiger charge is 2.31. The van der Waals surface area contributed by atoms with Crippen LogP contribution in [0.1, 0.15) is 67.9 Å². The van der Waals surface area contributed by atoms with Gasteiger partial charge >= 0.3 is 0 Å². The van der Waals surface area contributed by atoms with E-state index >= 15 is 0 Å². The van der Waals surface area contributed by atoms with E-state index in [1.807, 2.05) is 10.8 Å². The van der Waals surface area contributed by atoms with Gasteiger partial charge in [-0.25, -0.2) is 0 Å². The summed E-state index contributed by atoms with van der Waals surface area (Å²) in [7, 11) is 0. The maximum absolute atomic E-state index is 12.4. The van der Waals surface area contributed by atoms with Crippen molar-refractivity contribution in [1.82, 2.24) is 9.88 Å². The molecule has 116 valence electrons. The lowest BCUT2D eigenvalue weighted by atomic mass is 9.94. The molecule has 0 spiro atoms. The van der Waals surface area contributed by atoms with E-state index in [0.717, 1.165) is 38.5 Å². The fraction of sp³-hybridized carbons (Fsp3) is 0.688. The summed E-state index contributed by atoms with van der Waals surface area (Å²) < 4.78 is 1.97. The minimum absolute atomic E-state index is 0.128. The first kappa shape index (κ1) is 14.4. The third-order valence-electron chi connectivity index (χ3n) is 4.65. The highest BCUT2D eigenvalue weighted by molar-refractivity contribution is 5.94. The predicted octanol–water partition coefficient (Wildman–Crippen LogP) is 2.22. The van der Waals surface area contributed by atoms with Crippen molar-refractivity contribution in [2.24, 2.45) is 0 Å². The smallest absolute Gasteiger partial charge is 0.268 e. The Labute approximate surface area is 125 Å². The van der Waals surface area contributed by atoms with Gasteiger partial charge in [0, 0.05) is 18.8 Å². The molecule has 5 heteroatoms. The first-order valence-electron chi connectivity index (χ1n) is 8.05. The second-order valence-corrected chi connectivity index (χ2v) is 6.62. The zero-order valence-electron chi connectivity index (χ0n) is 12.5. The molecule has 1 amide bonds. The van der Waals surface area contributed by atoms with Gasteiger partial charge in [-0.15, -0.1) is 0 Å². The summed E-state index contributed by atoms with van der Waals surface area (Å²) in [5.74, 6) is -0.128. The van der Waals surface area contributed by atoms with Gasteiger partial charge in [-0.05, 0) is 31.7 Å². The van der Waals surface area contributed by atoms with Crippen LogP contribution in [0.3, 0.4) is 0 Å². The first-order valence-corrected chi connectivity index (χ1v) is 8.05. The number of nitrogens with one attached hydrogen (secondary N) is 1. The fourth-order valence-corrected chi connectivity index (χ4v) is 3.24. The molecule has 2 saturated carbocycles. The van der Waals surface area contributed by atoms with E-state index in [-0.39, 0.29) is 5.91 Å². The molecule has 1 aromatic rings. The van der Waals surface area contributed by atoms with Crippen LogP contribution in [-0.2, 0) is 0 Å². The molecular formula is C16H25N3O2.